The number of nitrogens with one attached hydrogen (secondary N) is 2. The first-order chi connectivity index (χ1) is 12.1. The van der Waals surface area contributed by atoms with Gasteiger partial charge in [0.25, 0.3) is 5.91 Å². The number of benzene rings is 1. The summed E-state index contributed by atoms with van der Waals surface area (Å²) in [5, 5.41) is 3.88. The molecule has 1 aromatic carbocycles. The summed E-state index contributed by atoms with van der Waals surface area (Å²) in [6, 6.07) is 2.03. The number of halogens is 2. The van der Waals surface area contributed by atoms with Crippen molar-refractivity contribution in [1.82, 2.24) is 15.2 Å². The van der Waals surface area contributed by atoms with Crippen LogP contribution in [0.1, 0.15) is 30.1 Å². The average molecular weight is 343 g/mol. The van der Waals surface area contributed by atoms with Gasteiger partial charge in [0, 0.05) is 23.7 Å². The first kappa shape index (κ1) is 16.1. The van der Waals surface area contributed by atoms with E-state index in [4.69, 9.17) is 6.42 Å². The Bertz CT molecular complexity index is 877. The van der Waals surface area contributed by atoms with E-state index in [0.717, 1.165) is 43.3 Å². The van der Waals surface area contributed by atoms with Gasteiger partial charge in [-0.25, -0.2) is 8.78 Å². The molecular formula is C19H19F2N3O. The highest BCUT2D eigenvalue weighted by Gasteiger charge is 2.38. The number of carbonyl (C=O) groups excluding carboxylic acids is 1. The normalized spacial score (nSPS) is 21.2. The summed E-state index contributed by atoms with van der Waals surface area (Å²) in [7, 11) is 0. The Labute approximate surface area is 144 Å². The molecule has 130 valence electrons. The predicted octanol–water partition coefficient (Wildman–Crippen LogP) is 2.50. The Kier molecular flexibility index (Phi) is 3.97. The van der Waals surface area contributed by atoms with Crippen LogP contribution in [0.2, 0.25) is 0 Å². The molecule has 4 nitrogen and oxygen atoms in total. The third kappa shape index (κ3) is 2.59. The third-order valence-electron chi connectivity index (χ3n) is 5.41. The number of carbonyl (C=O) groups is 1. The van der Waals surface area contributed by atoms with Crippen LogP contribution < -0.4 is 5.32 Å². The number of hydrogen-bond donors (Lipinski definition) is 2. The summed E-state index contributed by atoms with van der Waals surface area (Å²) in [5.74, 6) is 0.901. The topological polar surface area (TPSA) is 48.1 Å². The number of nitrogens with zero attached hydrogens (tertiary/aromatic N) is 1. The summed E-state index contributed by atoms with van der Waals surface area (Å²) in [6.45, 7) is 2.21. The average Bonchev–Trinajstić information content (AvgIpc) is 3.00. The van der Waals surface area contributed by atoms with Gasteiger partial charge in [-0.3, -0.25) is 4.79 Å². The number of aromatic nitrogens is 1. The van der Waals surface area contributed by atoms with Gasteiger partial charge in [-0.2, -0.15) is 0 Å². The van der Waals surface area contributed by atoms with E-state index in [9.17, 15) is 13.6 Å². The smallest absolute Gasteiger partial charge is 0.298 e. The third-order valence-corrected chi connectivity index (χ3v) is 5.41. The molecule has 3 heterocycles. The van der Waals surface area contributed by atoms with Gasteiger partial charge in [0.15, 0.2) is 0 Å². The minimum atomic E-state index is -0.608. The van der Waals surface area contributed by atoms with Crippen molar-refractivity contribution >= 4 is 16.8 Å². The second kappa shape index (κ2) is 6.16. The number of aromatic amines is 1. The Hall–Kier alpha value is -2.39. The van der Waals surface area contributed by atoms with Crippen molar-refractivity contribution in [3.05, 3.63) is 35.0 Å². The summed E-state index contributed by atoms with van der Waals surface area (Å²) in [5.41, 5.74) is 2.01. The SMILES string of the molecule is C#CC(=O)N1CCc2c([nH]c3c(F)cc(F)cc23)C1C1CCNCC1. The summed E-state index contributed by atoms with van der Waals surface area (Å²) in [6.07, 6.45) is 7.71. The lowest BCUT2D eigenvalue weighted by molar-refractivity contribution is -0.129. The molecule has 1 saturated heterocycles. The lowest BCUT2D eigenvalue weighted by atomic mass is 9.83. The Morgan fingerprint density at radius 3 is 2.76 bits per heavy atom. The van der Waals surface area contributed by atoms with E-state index in [-0.39, 0.29) is 17.9 Å². The molecule has 0 spiro atoms. The Morgan fingerprint density at radius 2 is 2.04 bits per heavy atom. The molecule has 6 heteroatoms. The van der Waals surface area contributed by atoms with Crippen molar-refractivity contribution in [3.63, 3.8) is 0 Å². The molecule has 2 aromatic rings. The molecule has 4 rings (SSSR count). The molecule has 0 saturated carbocycles. The second-order valence-corrected chi connectivity index (χ2v) is 6.75. The van der Waals surface area contributed by atoms with E-state index in [1.165, 1.54) is 6.07 Å². The summed E-state index contributed by atoms with van der Waals surface area (Å²) < 4.78 is 27.9. The minimum Gasteiger partial charge on any atom is -0.354 e. The van der Waals surface area contributed by atoms with Gasteiger partial charge in [0.2, 0.25) is 0 Å². The van der Waals surface area contributed by atoms with Gasteiger partial charge in [0.05, 0.1) is 11.6 Å². The van der Waals surface area contributed by atoms with Crippen LogP contribution in [0.15, 0.2) is 12.1 Å². The van der Waals surface area contributed by atoms with E-state index in [0.29, 0.717) is 23.9 Å². The first-order valence-corrected chi connectivity index (χ1v) is 8.57. The minimum absolute atomic E-state index is 0.218. The van der Waals surface area contributed by atoms with Crippen LogP contribution in [0.25, 0.3) is 10.9 Å². The van der Waals surface area contributed by atoms with Crippen LogP contribution in [0.5, 0.6) is 0 Å². The Morgan fingerprint density at radius 1 is 1.28 bits per heavy atom. The molecule has 2 N–H and O–H groups in total. The monoisotopic (exact) mass is 343 g/mol. The molecule has 0 radical (unpaired) electrons. The summed E-state index contributed by atoms with van der Waals surface area (Å²) >= 11 is 0. The number of rotatable bonds is 1. The fraction of sp³-hybridized carbons (Fsp3) is 0.421. The van der Waals surface area contributed by atoms with E-state index in [1.807, 2.05) is 0 Å². The van der Waals surface area contributed by atoms with Crippen molar-refractivity contribution in [1.29, 1.82) is 0 Å². The van der Waals surface area contributed by atoms with Gasteiger partial charge in [-0.05, 0) is 55.8 Å². The van der Waals surface area contributed by atoms with Crippen molar-refractivity contribution < 1.29 is 13.6 Å². The first-order valence-electron chi connectivity index (χ1n) is 8.57. The maximum atomic E-state index is 14.2. The van der Waals surface area contributed by atoms with Crippen molar-refractivity contribution in [2.45, 2.75) is 25.3 Å². The molecule has 0 aliphatic carbocycles. The van der Waals surface area contributed by atoms with Crippen LogP contribution in [-0.4, -0.2) is 35.4 Å². The lowest BCUT2D eigenvalue weighted by Gasteiger charge is -2.41. The molecule has 1 aromatic heterocycles. The van der Waals surface area contributed by atoms with Crippen LogP contribution >= 0.6 is 0 Å². The highest BCUT2D eigenvalue weighted by atomic mass is 19.1. The standard InChI is InChI=1S/C19H19F2N3O/c1-2-16(25)24-8-5-13-14-9-12(20)10-15(21)17(14)23-18(13)19(24)11-3-6-22-7-4-11/h1,9-11,19,22-23H,3-8H2. The zero-order chi connectivity index (χ0) is 17.6. The van der Waals surface area contributed by atoms with E-state index >= 15 is 0 Å². The zero-order valence-electron chi connectivity index (χ0n) is 13.7. The number of piperidine rings is 1. The molecule has 2 aliphatic rings. The second-order valence-electron chi connectivity index (χ2n) is 6.75. The fourth-order valence-electron chi connectivity index (χ4n) is 4.30. The molecule has 0 bridgehead atoms. The van der Waals surface area contributed by atoms with E-state index in [2.05, 4.69) is 16.2 Å². The number of fused-ring (bicyclic) bond motifs is 3. The van der Waals surface area contributed by atoms with Crippen molar-refractivity contribution in [2.75, 3.05) is 19.6 Å². The summed E-state index contributed by atoms with van der Waals surface area (Å²) in [4.78, 5) is 17.1. The van der Waals surface area contributed by atoms with Crippen LogP contribution in [0.3, 0.4) is 0 Å². The highest BCUT2D eigenvalue weighted by Crippen LogP contribution is 2.41. The fourth-order valence-corrected chi connectivity index (χ4v) is 4.30. The molecule has 25 heavy (non-hydrogen) atoms. The number of terminal acetylenes is 1. The molecule has 1 atom stereocenters. The van der Waals surface area contributed by atoms with Crippen molar-refractivity contribution in [2.24, 2.45) is 5.92 Å². The van der Waals surface area contributed by atoms with Crippen LogP contribution in [0.4, 0.5) is 8.78 Å². The van der Waals surface area contributed by atoms with Gasteiger partial charge < -0.3 is 15.2 Å². The number of hydrogen-bond acceptors (Lipinski definition) is 2. The van der Waals surface area contributed by atoms with E-state index in [1.54, 1.807) is 4.90 Å². The largest absolute Gasteiger partial charge is 0.354 e. The Balaban J connectivity index is 1.87. The molecular weight excluding hydrogens is 324 g/mol. The lowest BCUT2D eigenvalue weighted by Crippen LogP contribution is -2.45. The van der Waals surface area contributed by atoms with E-state index < -0.39 is 11.6 Å². The van der Waals surface area contributed by atoms with Crippen LogP contribution in [0, 0.1) is 29.9 Å². The molecule has 1 fully saturated rings. The molecule has 2 aliphatic heterocycles. The van der Waals surface area contributed by atoms with Crippen molar-refractivity contribution in [3.8, 4) is 12.3 Å². The number of amides is 1. The molecule has 1 amide bonds. The van der Waals surface area contributed by atoms with Gasteiger partial charge in [0.1, 0.15) is 11.6 Å². The van der Waals surface area contributed by atoms with Gasteiger partial charge in [-0.15, -0.1) is 6.42 Å². The highest BCUT2D eigenvalue weighted by molar-refractivity contribution is 5.94. The quantitative estimate of drug-likeness (QED) is 0.782. The number of H-pyrrole nitrogens is 1. The van der Waals surface area contributed by atoms with Gasteiger partial charge >= 0.3 is 0 Å². The van der Waals surface area contributed by atoms with Gasteiger partial charge in [-0.1, -0.05) is 0 Å². The molecule has 1 unspecified atom stereocenters. The zero-order valence-corrected chi connectivity index (χ0v) is 13.7. The maximum Gasteiger partial charge on any atom is 0.298 e. The van der Waals surface area contributed by atoms with Crippen LogP contribution in [-0.2, 0) is 11.2 Å². The maximum absolute atomic E-state index is 14.2. The predicted molar refractivity (Wildman–Crippen MR) is 90.8 cm³/mol.